The number of piperazine rings is 1. The van der Waals surface area contributed by atoms with Crippen LogP contribution in [-0.2, 0) is 9.53 Å². The molecule has 1 saturated heterocycles. The first kappa shape index (κ1) is 15.4. The highest BCUT2D eigenvalue weighted by molar-refractivity contribution is 5.69. The Morgan fingerprint density at radius 3 is 2.28 bits per heavy atom. The Kier molecular flexibility index (Phi) is 6.05. The van der Waals surface area contributed by atoms with E-state index in [1.165, 1.54) is 7.11 Å². The van der Waals surface area contributed by atoms with Gasteiger partial charge in [-0.05, 0) is 26.8 Å². The molecule has 1 N–H and O–H groups in total. The zero-order valence-corrected chi connectivity index (χ0v) is 11.8. The second kappa shape index (κ2) is 7.07. The topological polar surface area (TPSA) is 53.0 Å². The summed E-state index contributed by atoms with van der Waals surface area (Å²) in [7, 11) is 1.43. The second-order valence-electron chi connectivity index (χ2n) is 5.61. The Labute approximate surface area is 110 Å². The van der Waals surface area contributed by atoms with Crippen LogP contribution in [0.5, 0.6) is 0 Å². The molecular weight excluding hydrogens is 232 g/mol. The number of hydrogen-bond acceptors (Lipinski definition) is 5. The summed E-state index contributed by atoms with van der Waals surface area (Å²) in [6, 6.07) is 0. The Balaban J connectivity index is 2.14. The maximum absolute atomic E-state index is 11.0. The van der Waals surface area contributed by atoms with E-state index in [0.717, 1.165) is 45.7 Å². The summed E-state index contributed by atoms with van der Waals surface area (Å²) >= 11 is 0. The van der Waals surface area contributed by atoms with Gasteiger partial charge in [0.05, 0.1) is 12.7 Å². The third-order valence-corrected chi connectivity index (χ3v) is 3.16. The van der Waals surface area contributed by atoms with Gasteiger partial charge in [0, 0.05) is 39.1 Å². The summed E-state index contributed by atoms with van der Waals surface area (Å²) in [4.78, 5) is 15.6. The number of hydrogen-bond donors (Lipinski definition) is 1. The molecule has 0 amide bonds. The van der Waals surface area contributed by atoms with Crippen molar-refractivity contribution in [1.29, 1.82) is 0 Å². The van der Waals surface area contributed by atoms with Crippen LogP contribution in [0.15, 0.2) is 0 Å². The fourth-order valence-corrected chi connectivity index (χ4v) is 2.27. The van der Waals surface area contributed by atoms with Gasteiger partial charge >= 0.3 is 5.97 Å². The molecule has 0 aromatic heterocycles. The van der Waals surface area contributed by atoms with Crippen molar-refractivity contribution >= 4 is 5.97 Å². The first-order chi connectivity index (χ1) is 8.40. The van der Waals surface area contributed by atoms with Crippen molar-refractivity contribution in [3.63, 3.8) is 0 Å². The smallest absolute Gasteiger partial charge is 0.305 e. The first-order valence-electron chi connectivity index (χ1n) is 6.64. The van der Waals surface area contributed by atoms with Crippen molar-refractivity contribution in [3.05, 3.63) is 0 Å². The SMILES string of the molecule is COC(=O)CCCN1CCN(CC(C)(C)O)CC1. The lowest BCUT2D eigenvalue weighted by atomic mass is 10.1. The lowest BCUT2D eigenvalue weighted by Gasteiger charge is -2.37. The number of esters is 1. The van der Waals surface area contributed by atoms with Crippen LogP contribution in [0.1, 0.15) is 26.7 Å². The van der Waals surface area contributed by atoms with Crippen LogP contribution in [0.4, 0.5) is 0 Å². The molecule has 0 atom stereocenters. The molecule has 1 fully saturated rings. The standard InChI is InChI=1S/C13H26N2O3/c1-13(2,17)11-15-9-7-14(8-10-15)6-4-5-12(16)18-3/h17H,4-11H2,1-3H3. The Morgan fingerprint density at radius 2 is 1.78 bits per heavy atom. The van der Waals surface area contributed by atoms with Crippen molar-refractivity contribution in [2.75, 3.05) is 46.4 Å². The lowest BCUT2D eigenvalue weighted by molar-refractivity contribution is -0.140. The van der Waals surface area contributed by atoms with E-state index in [-0.39, 0.29) is 5.97 Å². The number of carbonyl (C=O) groups excluding carboxylic acids is 1. The highest BCUT2D eigenvalue weighted by Crippen LogP contribution is 2.09. The minimum absolute atomic E-state index is 0.129. The quantitative estimate of drug-likeness (QED) is 0.696. The van der Waals surface area contributed by atoms with Gasteiger partial charge in [0.2, 0.25) is 0 Å². The highest BCUT2D eigenvalue weighted by atomic mass is 16.5. The zero-order valence-electron chi connectivity index (χ0n) is 11.8. The van der Waals surface area contributed by atoms with Crippen molar-refractivity contribution in [3.8, 4) is 0 Å². The van der Waals surface area contributed by atoms with E-state index in [1.54, 1.807) is 0 Å². The van der Waals surface area contributed by atoms with Gasteiger partial charge in [0.25, 0.3) is 0 Å². The van der Waals surface area contributed by atoms with Crippen molar-refractivity contribution in [2.45, 2.75) is 32.3 Å². The molecular formula is C13H26N2O3. The summed E-state index contributed by atoms with van der Waals surface area (Å²) in [6.07, 6.45) is 1.36. The number of β-amino-alcohol motifs (C(OH)–C–C–N with tert-alkyl or cyclic N) is 1. The van der Waals surface area contributed by atoms with Crippen molar-refractivity contribution in [1.82, 2.24) is 9.80 Å². The minimum Gasteiger partial charge on any atom is -0.469 e. The van der Waals surface area contributed by atoms with Crippen LogP contribution < -0.4 is 0 Å². The van der Waals surface area contributed by atoms with Gasteiger partial charge in [0.15, 0.2) is 0 Å². The normalized spacial score (nSPS) is 18.9. The molecule has 5 nitrogen and oxygen atoms in total. The average molecular weight is 258 g/mol. The van der Waals surface area contributed by atoms with Gasteiger partial charge < -0.3 is 14.7 Å². The first-order valence-corrected chi connectivity index (χ1v) is 6.64. The van der Waals surface area contributed by atoms with Gasteiger partial charge in [-0.2, -0.15) is 0 Å². The van der Waals surface area contributed by atoms with Crippen molar-refractivity contribution < 1.29 is 14.6 Å². The van der Waals surface area contributed by atoms with E-state index in [2.05, 4.69) is 14.5 Å². The van der Waals surface area contributed by atoms with E-state index < -0.39 is 5.60 Å². The summed E-state index contributed by atoms with van der Waals surface area (Å²) < 4.78 is 4.62. The number of aliphatic hydroxyl groups is 1. The predicted molar refractivity (Wildman–Crippen MR) is 70.4 cm³/mol. The number of carbonyl (C=O) groups is 1. The Morgan fingerprint density at radius 1 is 1.22 bits per heavy atom. The predicted octanol–water partition coefficient (Wildman–Crippen LogP) is 0.328. The van der Waals surface area contributed by atoms with Crippen LogP contribution in [0, 0.1) is 0 Å². The molecule has 0 aromatic rings. The van der Waals surface area contributed by atoms with E-state index in [9.17, 15) is 9.90 Å². The molecule has 0 aromatic carbocycles. The molecule has 1 rings (SSSR count). The fraction of sp³-hybridized carbons (Fsp3) is 0.923. The van der Waals surface area contributed by atoms with Crippen LogP contribution in [0.25, 0.3) is 0 Å². The van der Waals surface area contributed by atoms with E-state index in [0.29, 0.717) is 6.42 Å². The molecule has 0 saturated carbocycles. The molecule has 1 aliphatic rings. The molecule has 0 spiro atoms. The minimum atomic E-state index is -0.618. The van der Waals surface area contributed by atoms with Crippen LogP contribution in [-0.4, -0.2) is 72.9 Å². The maximum atomic E-state index is 11.0. The number of methoxy groups -OCH3 is 1. The largest absolute Gasteiger partial charge is 0.469 e. The number of rotatable bonds is 6. The molecule has 1 aliphatic heterocycles. The lowest BCUT2D eigenvalue weighted by Crippen LogP contribution is -2.50. The second-order valence-corrected chi connectivity index (χ2v) is 5.61. The molecule has 106 valence electrons. The van der Waals surface area contributed by atoms with Crippen LogP contribution in [0.3, 0.4) is 0 Å². The zero-order chi connectivity index (χ0) is 13.6. The molecule has 18 heavy (non-hydrogen) atoms. The third kappa shape index (κ3) is 6.33. The molecule has 5 heteroatoms. The van der Waals surface area contributed by atoms with Crippen LogP contribution in [0.2, 0.25) is 0 Å². The van der Waals surface area contributed by atoms with Gasteiger partial charge in [0.1, 0.15) is 0 Å². The molecule has 0 unspecified atom stereocenters. The summed E-state index contributed by atoms with van der Waals surface area (Å²) in [6.45, 7) is 9.36. The fourth-order valence-electron chi connectivity index (χ4n) is 2.27. The Hall–Kier alpha value is -0.650. The molecule has 0 radical (unpaired) electrons. The summed E-state index contributed by atoms with van der Waals surface area (Å²) in [5.74, 6) is -0.129. The molecule has 1 heterocycles. The van der Waals surface area contributed by atoms with Gasteiger partial charge in [-0.1, -0.05) is 0 Å². The molecule has 0 aliphatic carbocycles. The van der Waals surface area contributed by atoms with Crippen molar-refractivity contribution in [2.24, 2.45) is 0 Å². The van der Waals surface area contributed by atoms with E-state index in [4.69, 9.17) is 0 Å². The maximum Gasteiger partial charge on any atom is 0.305 e. The monoisotopic (exact) mass is 258 g/mol. The van der Waals surface area contributed by atoms with Crippen LogP contribution >= 0.6 is 0 Å². The highest BCUT2D eigenvalue weighted by Gasteiger charge is 2.22. The van der Waals surface area contributed by atoms with E-state index >= 15 is 0 Å². The van der Waals surface area contributed by atoms with Gasteiger partial charge in [-0.15, -0.1) is 0 Å². The number of nitrogens with zero attached hydrogens (tertiary/aromatic N) is 2. The van der Waals surface area contributed by atoms with Gasteiger partial charge in [-0.25, -0.2) is 0 Å². The average Bonchev–Trinajstić information content (AvgIpc) is 2.29. The van der Waals surface area contributed by atoms with Gasteiger partial charge in [-0.3, -0.25) is 9.69 Å². The summed E-state index contributed by atoms with van der Waals surface area (Å²) in [5.41, 5.74) is -0.618. The molecule has 0 bridgehead atoms. The van der Waals surface area contributed by atoms with E-state index in [1.807, 2.05) is 13.8 Å². The summed E-state index contributed by atoms with van der Waals surface area (Å²) in [5, 5.41) is 9.76. The third-order valence-electron chi connectivity index (χ3n) is 3.16. The number of ether oxygens (including phenoxy) is 1. The Bertz CT molecular complexity index is 255.